The van der Waals surface area contributed by atoms with E-state index >= 15 is 0 Å². The average molecular weight is 273 g/mol. The van der Waals surface area contributed by atoms with E-state index in [0.29, 0.717) is 17.7 Å². The van der Waals surface area contributed by atoms with Gasteiger partial charge in [0.1, 0.15) is 6.33 Å². The van der Waals surface area contributed by atoms with E-state index in [1.54, 1.807) is 12.5 Å². The summed E-state index contributed by atoms with van der Waals surface area (Å²) in [6.07, 6.45) is 11.5. The van der Waals surface area contributed by atoms with Gasteiger partial charge in [0.2, 0.25) is 5.91 Å². The van der Waals surface area contributed by atoms with Crippen LogP contribution in [0.25, 0.3) is 0 Å². The van der Waals surface area contributed by atoms with E-state index in [1.807, 2.05) is 6.07 Å². The van der Waals surface area contributed by atoms with E-state index in [-0.39, 0.29) is 0 Å². The Bertz CT molecular complexity index is 442. The van der Waals surface area contributed by atoms with E-state index < -0.39 is 0 Å². The van der Waals surface area contributed by atoms with Crippen LogP contribution in [-0.4, -0.2) is 33.9 Å². The molecule has 0 aromatic carbocycles. The van der Waals surface area contributed by atoms with Gasteiger partial charge in [0, 0.05) is 37.3 Å². The van der Waals surface area contributed by atoms with Crippen molar-refractivity contribution in [1.29, 1.82) is 0 Å². The number of aromatic nitrogens is 2. The van der Waals surface area contributed by atoms with Crippen molar-refractivity contribution >= 4 is 5.91 Å². The smallest absolute Gasteiger partial charge is 0.222 e. The lowest BCUT2D eigenvalue weighted by atomic mass is 9.93. The maximum Gasteiger partial charge on any atom is 0.222 e. The summed E-state index contributed by atoms with van der Waals surface area (Å²) in [6.45, 7) is 1.76. The molecule has 3 rings (SSSR count). The zero-order valence-corrected chi connectivity index (χ0v) is 12.0. The van der Waals surface area contributed by atoms with Crippen molar-refractivity contribution in [2.45, 2.75) is 50.9 Å². The Hall–Kier alpha value is -1.45. The van der Waals surface area contributed by atoms with E-state index in [0.717, 1.165) is 38.0 Å². The van der Waals surface area contributed by atoms with Gasteiger partial charge in [-0.1, -0.05) is 12.8 Å². The summed E-state index contributed by atoms with van der Waals surface area (Å²) in [6, 6.07) is 1.98. The molecule has 0 radical (unpaired) electrons. The van der Waals surface area contributed by atoms with Crippen LogP contribution in [-0.2, 0) is 4.79 Å². The Labute approximate surface area is 120 Å². The third-order valence-corrected chi connectivity index (χ3v) is 4.74. The van der Waals surface area contributed by atoms with Crippen molar-refractivity contribution in [1.82, 2.24) is 14.9 Å². The molecule has 1 aromatic rings. The molecule has 108 valence electrons. The molecule has 0 spiro atoms. The highest BCUT2D eigenvalue weighted by atomic mass is 16.2. The van der Waals surface area contributed by atoms with Crippen LogP contribution >= 0.6 is 0 Å². The molecule has 1 amide bonds. The van der Waals surface area contributed by atoms with Crippen LogP contribution in [0.3, 0.4) is 0 Å². The first-order valence-corrected chi connectivity index (χ1v) is 7.86. The molecule has 1 atom stereocenters. The van der Waals surface area contributed by atoms with Crippen molar-refractivity contribution < 1.29 is 4.79 Å². The second-order valence-electron chi connectivity index (χ2n) is 6.17. The van der Waals surface area contributed by atoms with Gasteiger partial charge in [-0.3, -0.25) is 4.79 Å². The van der Waals surface area contributed by atoms with Gasteiger partial charge >= 0.3 is 0 Å². The predicted molar refractivity (Wildman–Crippen MR) is 77.2 cm³/mol. The largest absolute Gasteiger partial charge is 0.342 e. The van der Waals surface area contributed by atoms with Gasteiger partial charge in [-0.05, 0) is 37.7 Å². The van der Waals surface area contributed by atoms with Gasteiger partial charge in [0.25, 0.3) is 0 Å². The Kier molecular flexibility index (Phi) is 4.28. The number of likely N-dealkylation sites (tertiary alicyclic amines) is 1. The highest BCUT2D eigenvalue weighted by molar-refractivity contribution is 5.76. The topological polar surface area (TPSA) is 46.1 Å². The fourth-order valence-electron chi connectivity index (χ4n) is 3.58. The van der Waals surface area contributed by atoms with E-state index in [9.17, 15) is 4.79 Å². The summed E-state index contributed by atoms with van der Waals surface area (Å²) >= 11 is 0. The lowest BCUT2D eigenvalue weighted by Gasteiger charge is -2.33. The standard InChI is InChI=1S/C16H23N3O/c20-16(10-13-4-1-2-5-13)19-9-3-6-14(11-19)15-7-8-17-12-18-15/h7-8,12-14H,1-6,9-11H2/t14-/m1/s1. The lowest BCUT2D eigenvalue weighted by Crippen LogP contribution is -2.39. The van der Waals surface area contributed by atoms with E-state index in [2.05, 4.69) is 14.9 Å². The number of carbonyl (C=O) groups is 1. The first-order chi connectivity index (χ1) is 9.83. The van der Waals surface area contributed by atoms with Crippen LogP contribution in [0, 0.1) is 5.92 Å². The Morgan fingerprint density at radius 3 is 2.85 bits per heavy atom. The van der Waals surface area contributed by atoms with Crippen molar-refractivity contribution in [3.05, 3.63) is 24.3 Å². The highest BCUT2D eigenvalue weighted by Crippen LogP contribution is 2.30. The monoisotopic (exact) mass is 273 g/mol. The summed E-state index contributed by atoms with van der Waals surface area (Å²) in [5, 5.41) is 0. The first-order valence-electron chi connectivity index (χ1n) is 7.86. The van der Waals surface area contributed by atoms with Gasteiger partial charge < -0.3 is 4.90 Å². The molecule has 20 heavy (non-hydrogen) atoms. The zero-order chi connectivity index (χ0) is 13.8. The molecule has 4 nitrogen and oxygen atoms in total. The molecule has 2 aliphatic rings. The first kappa shape index (κ1) is 13.5. The minimum absolute atomic E-state index is 0.357. The fourth-order valence-corrected chi connectivity index (χ4v) is 3.58. The fraction of sp³-hybridized carbons (Fsp3) is 0.688. The molecule has 1 aromatic heterocycles. The number of piperidine rings is 1. The maximum atomic E-state index is 12.4. The molecule has 1 saturated heterocycles. The van der Waals surface area contributed by atoms with Crippen LogP contribution in [0.4, 0.5) is 0 Å². The van der Waals surface area contributed by atoms with E-state index in [1.165, 1.54) is 25.7 Å². The molecule has 1 aliphatic heterocycles. The molecule has 2 fully saturated rings. The van der Waals surface area contributed by atoms with Gasteiger partial charge in [-0.15, -0.1) is 0 Å². The third-order valence-electron chi connectivity index (χ3n) is 4.74. The summed E-state index contributed by atoms with van der Waals surface area (Å²) in [7, 11) is 0. The summed E-state index contributed by atoms with van der Waals surface area (Å²) in [5.41, 5.74) is 1.08. The van der Waals surface area contributed by atoms with Crippen molar-refractivity contribution in [2.24, 2.45) is 5.92 Å². The van der Waals surface area contributed by atoms with Crippen LogP contribution < -0.4 is 0 Å². The number of hydrogen-bond donors (Lipinski definition) is 0. The molecule has 1 saturated carbocycles. The van der Waals surface area contributed by atoms with Gasteiger partial charge in [0.15, 0.2) is 0 Å². The number of nitrogens with zero attached hydrogens (tertiary/aromatic N) is 3. The SMILES string of the molecule is O=C(CC1CCCC1)N1CCC[C@@H](c2ccncn2)C1. The van der Waals surface area contributed by atoms with Crippen LogP contribution in [0.2, 0.25) is 0 Å². The molecule has 2 heterocycles. The number of carbonyl (C=O) groups excluding carboxylic acids is 1. The van der Waals surface area contributed by atoms with Gasteiger partial charge in [-0.25, -0.2) is 9.97 Å². The second kappa shape index (κ2) is 6.33. The summed E-state index contributed by atoms with van der Waals surface area (Å²) in [4.78, 5) is 22.8. The van der Waals surface area contributed by atoms with Crippen LogP contribution in [0.5, 0.6) is 0 Å². The average Bonchev–Trinajstić information content (AvgIpc) is 3.01. The van der Waals surface area contributed by atoms with Crippen molar-refractivity contribution in [2.75, 3.05) is 13.1 Å². The molecule has 0 bridgehead atoms. The summed E-state index contributed by atoms with van der Waals surface area (Å²) < 4.78 is 0. The minimum atomic E-state index is 0.357. The minimum Gasteiger partial charge on any atom is -0.342 e. The molecule has 0 unspecified atom stereocenters. The predicted octanol–water partition coefficient (Wildman–Crippen LogP) is 2.76. The van der Waals surface area contributed by atoms with Crippen molar-refractivity contribution in [3.63, 3.8) is 0 Å². The number of hydrogen-bond acceptors (Lipinski definition) is 3. The maximum absolute atomic E-state index is 12.4. The molecular formula is C16H23N3O. The van der Waals surface area contributed by atoms with Crippen LogP contribution in [0.1, 0.15) is 56.6 Å². The van der Waals surface area contributed by atoms with Crippen LogP contribution in [0.15, 0.2) is 18.6 Å². The zero-order valence-electron chi connectivity index (χ0n) is 12.0. The Balaban J connectivity index is 1.58. The summed E-state index contributed by atoms with van der Waals surface area (Å²) in [5.74, 6) is 1.39. The number of rotatable bonds is 3. The second-order valence-corrected chi connectivity index (χ2v) is 6.17. The van der Waals surface area contributed by atoms with Gasteiger partial charge in [-0.2, -0.15) is 0 Å². The van der Waals surface area contributed by atoms with E-state index in [4.69, 9.17) is 0 Å². The molecular weight excluding hydrogens is 250 g/mol. The third kappa shape index (κ3) is 3.17. The van der Waals surface area contributed by atoms with Crippen molar-refractivity contribution in [3.8, 4) is 0 Å². The highest BCUT2D eigenvalue weighted by Gasteiger charge is 2.27. The number of amides is 1. The van der Waals surface area contributed by atoms with Gasteiger partial charge in [0.05, 0.1) is 0 Å². The molecule has 0 N–H and O–H groups in total. The Morgan fingerprint density at radius 2 is 2.10 bits per heavy atom. The normalized spacial score (nSPS) is 24.0. The molecule has 4 heteroatoms. The Morgan fingerprint density at radius 1 is 1.25 bits per heavy atom. The lowest BCUT2D eigenvalue weighted by molar-refractivity contribution is -0.133. The molecule has 1 aliphatic carbocycles. The quantitative estimate of drug-likeness (QED) is 0.850.